The van der Waals surface area contributed by atoms with Crippen LogP contribution in [0.3, 0.4) is 0 Å². The summed E-state index contributed by atoms with van der Waals surface area (Å²) in [6, 6.07) is 0. The van der Waals surface area contributed by atoms with E-state index in [1.807, 2.05) is 0 Å². The largest absolute Gasteiger partial charge is 0.275 e. The van der Waals surface area contributed by atoms with Crippen LogP contribution in [0.1, 0.15) is 5.56 Å². The third kappa shape index (κ3) is 2.70. The van der Waals surface area contributed by atoms with E-state index in [0.29, 0.717) is 6.54 Å². The van der Waals surface area contributed by atoms with Crippen LogP contribution in [0.2, 0.25) is 0 Å². The SMILES string of the molecule is CN(Cc1cnn(C)c1)S(=O)(=O)CCl. The summed E-state index contributed by atoms with van der Waals surface area (Å²) in [5.41, 5.74) is 0.837. The zero-order chi connectivity index (χ0) is 10.8. The average Bonchev–Trinajstić information content (AvgIpc) is 2.51. The van der Waals surface area contributed by atoms with Crippen LogP contribution in [0.25, 0.3) is 0 Å². The number of alkyl halides is 1. The van der Waals surface area contributed by atoms with Crippen LogP contribution in [0.5, 0.6) is 0 Å². The molecule has 7 heteroatoms. The quantitative estimate of drug-likeness (QED) is 0.712. The monoisotopic (exact) mass is 237 g/mol. The number of halogens is 1. The Morgan fingerprint density at radius 1 is 1.64 bits per heavy atom. The van der Waals surface area contributed by atoms with Gasteiger partial charge in [0.15, 0.2) is 0 Å². The first-order chi connectivity index (χ1) is 6.45. The maximum Gasteiger partial charge on any atom is 0.228 e. The molecule has 0 atom stereocenters. The van der Waals surface area contributed by atoms with E-state index in [1.165, 1.54) is 11.4 Å². The molecule has 0 aromatic carbocycles. The molecule has 0 bridgehead atoms. The number of nitrogens with zero attached hydrogens (tertiary/aromatic N) is 3. The van der Waals surface area contributed by atoms with E-state index in [-0.39, 0.29) is 0 Å². The molecular weight excluding hydrogens is 226 g/mol. The number of aromatic nitrogens is 2. The van der Waals surface area contributed by atoms with E-state index in [4.69, 9.17) is 11.6 Å². The molecular formula is C7H12ClN3O2S. The molecule has 1 rings (SSSR count). The van der Waals surface area contributed by atoms with Crippen LogP contribution in [0, 0.1) is 0 Å². The van der Waals surface area contributed by atoms with Crippen LogP contribution >= 0.6 is 11.6 Å². The van der Waals surface area contributed by atoms with Crippen LogP contribution in [0.4, 0.5) is 0 Å². The molecule has 0 amide bonds. The molecule has 0 aliphatic carbocycles. The summed E-state index contributed by atoms with van der Waals surface area (Å²) in [5, 5.41) is 3.54. The normalized spacial score (nSPS) is 12.3. The first-order valence-corrected chi connectivity index (χ1v) is 6.07. The fourth-order valence-corrected chi connectivity index (χ4v) is 2.00. The van der Waals surface area contributed by atoms with Gasteiger partial charge in [0.1, 0.15) is 5.21 Å². The van der Waals surface area contributed by atoms with Crippen molar-refractivity contribution in [3.8, 4) is 0 Å². The van der Waals surface area contributed by atoms with Gasteiger partial charge in [-0.15, -0.1) is 11.6 Å². The summed E-state index contributed by atoms with van der Waals surface area (Å²) < 4.78 is 25.4. The maximum atomic E-state index is 11.3. The molecule has 0 saturated carbocycles. The highest BCUT2D eigenvalue weighted by Crippen LogP contribution is 2.07. The van der Waals surface area contributed by atoms with Gasteiger partial charge in [0.25, 0.3) is 0 Å². The smallest absolute Gasteiger partial charge is 0.228 e. The van der Waals surface area contributed by atoms with Crippen molar-refractivity contribution in [2.75, 3.05) is 12.3 Å². The van der Waals surface area contributed by atoms with Crippen molar-refractivity contribution in [2.24, 2.45) is 7.05 Å². The van der Waals surface area contributed by atoms with Gasteiger partial charge in [0, 0.05) is 32.4 Å². The highest BCUT2D eigenvalue weighted by Gasteiger charge is 2.16. The number of sulfonamides is 1. The molecule has 0 spiro atoms. The summed E-state index contributed by atoms with van der Waals surface area (Å²) >= 11 is 5.31. The minimum atomic E-state index is -3.33. The predicted molar refractivity (Wildman–Crippen MR) is 54.3 cm³/mol. The molecule has 5 nitrogen and oxygen atoms in total. The molecule has 0 fully saturated rings. The molecule has 0 unspecified atom stereocenters. The Morgan fingerprint density at radius 2 is 2.29 bits per heavy atom. The van der Waals surface area contributed by atoms with Gasteiger partial charge in [-0.25, -0.2) is 8.42 Å². The lowest BCUT2D eigenvalue weighted by Crippen LogP contribution is -2.26. The van der Waals surface area contributed by atoms with E-state index < -0.39 is 15.2 Å². The van der Waals surface area contributed by atoms with Gasteiger partial charge in [-0.2, -0.15) is 9.40 Å². The minimum Gasteiger partial charge on any atom is -0.275 e. The molecule has 0 radical (unpaired) electrons. The molecule has 1 aromatic rings. The lowest BCUT2D eigenvalue weighted by molar-refractivity contribution is 0.470. The highest BCUT2D eigenvalue weighted by atomic mass is 35.5. The van der Waals surface area contributed by atoms with Crippen LogP contribution in [0.15, 0.2) is 12.4 Å². The van der Waals surface area contributed by atoms with Gasteiger partial charge in [-0.1, -0.05) is 0 Å². The van der Waals surface area contributed by atoms with Crippen molar-refractivity contribution in [1.29, 1.82) is 0 Å². The first kappa shape index (κ1) is 11.5. The van der Waals surface area contributed by atoms with E-state index in [9.17, 15) is 8.42 Å². The zero-order valence-corrected chi connectivity index (χ0v) is 9.59. The molecule has 1 heterocycles. The second kappa shape index (κ2) is 4.29. The highest BCUT2D eigenvalue weighted by molar-refractivity contribution is 7.90. The van der Waals surface area contributed by atoms with Crippen LogP contribution in [-0.2, 0) is 23.6 Å². The lowest BCUT2D eigenvalue weighted by Gasteiger charge is -2.13. The van der Waals surface area contributed by atoms with Crippen molar-refractivity contribution >= 4 is 21.6 Å². The van der Waals surface area contributed by atoms with Crippen molar-refractivity contribution < 1.29 is 8.42 Å². The summed E-state index contributed by atoms with van der Waals surface area (Å²) in [4.78, 5) is 0. The Kier molecular flexibility index (Phi) is 3.52. The average molecular weight is 238 g/mol. The fourth-order valence-electron chi connectivity index (χ4n) is 0.992. The van der Waals surface area contributed by atoms with E-state index in [0.717, 1.165) is 5.56 Å². The topological polar surface area (TPSA) is 55.2 Å². The number of hydrogen-bond donors (Lipinski definition) is 0. The van der Waals surface area contributed by atoms with E-state index in [2.05, 4.69) is 5.10 Å². The summed E-state index contributed by atoms with van der Waals surface area (Å²) in [5.74, 6) is 0. The van der Waals surface area contributed by atoms with Gasteiger partial charge in [0.2, 0.25) is 10.0 Å². The maximum absolute atomic E-state index is 11.3. The molecule has 0 N–H and O–H groups in total. The Balaban J connectivity index is 2.71. The van der Waals surface area contributed by atoms with Crippen molar-refractivity contribution in [2.45, 2.75) is 6.54 Å². The molecule has 0 saturated heterocycles. The van der Waals surface area contributed by atoms with Crippen molar-refractivity contribution in [1.82, 2.24) is 14.1 Å². The van der Waals surface area contributed by atoms with Crippen molar-refractivity contribution in [3.05, 3.63) is 18.0 Å². The van der Waals surface area contributed by atoms with Gasteiger partial charge in [-0.05, 0) is 0 Å². The third-order valence-electron chi connectivity index (χ3n) is 1.78. The van der Waals surface area contributed by atoms with E-state index >= 15 is 0 Å². The van der Waals surface area contributed by atoms with Crippen LogP contribution < -0.4 is 0 Å². The van der Waals surface area contributed by atoms with Crippen LogP contribution in [-0.4, -0.2) is 34.8 Å². The molecule has 80 valence electrons. The Bertz CT molecular complexity index is 401. The summed E-state index contributed by atoms with van der Waals surface area (Å²) in [7, 11) is -0.0573. The zero-order valence-electron chi connectivity index (χ0n) is 8.01. The van der Waals surface area contributed by atoms with Gasteiger partial charge < -0.3 is 0 Å². The summed E-state index contributed by atoms with van der Waals surface area (Å²) in [6.45, 7) is 0.295. The molecule has 14 heavy (non-hydrogen) atoms. The second-order valence-corrected chi connectivity index (χ2v) is 5.66. The van der Waals surface area contributed by atoms with Gasteiger partial charge in [0.05, 0.1) is 6.20 Å². The van der Waals surface area contributed by atoms with Gasteiger partial charge >= 0.3 is 0 Å². The minimum absolute atomic E-state index is 0.295. The third-order valence-corrected chi connectivity index (χ3v) is 3.96. The van der Waals surface area contributed by atoms with Gasteiger partial charge in [-0.3, -0.25) is 4.68 Å². The van der Waals surface area contributed by atoms with E-state index in [1.54, 1.807) is 24.1 Å². The summed E-state index contributed by atoms with van der Waals surface area (Å²) in [6.07, 6.45) is 3.39. The lowest BCUT2D eigenvalue weighted by atomic mass is 10.4. The molecule has 0 aliphatic heterocycles. The number of rotatable bonds is 4. The Labute approximate surface area is 88.3 Å². The van der Waals surface area contributed by atoms with Crippen molar-refractivity contribution in [3.63, 3.8) is 0 Å². The number of hydrogen-bond acceptors (Lipinski definition) is 3. The molecule has 0 aliphatic rings. The standard InChI is InChI=1S/C7H12ClN3O2S/c1-10-4-7(3-9-10)5-11(2)14(12,13)6-8/h3-4H,5-6H2,1-2H3. The second-order valence-electron chi connectivity index (χ2n) is 3.00. The Hall–Kier alpha value is -0.590. The Morgan fingerprint density at radius 3 is 2.71 bits per heavy atom. The first-order valence-electron chi connectivity index (χ1n) is 3.93. The number of aryl methyl sites for hydroxylation is 1. The predicted octanol–water partition coefficient (Wildman–Crippen LogP) is 0.378. The molecule has 1 aromatic heterocycles. The fraction of sp³-hybridized carbons (Fsp3) is 0.571.